The summed E-state index contributed by atoms with van der Waals surface area (Å²) in [5, 5.41) is 10.4. The number of halogens is 3. The first-order chi connectivity index (χ1) is 13.4. The minimum atomic E-state index is -3.02. The predicted octanol–water partition coefficient (Wildman–Crippen LogP) is 3.28. The van der Waals surface area contributed by atoms with Crippen LogP contribution in [0.5, 0.6) is 0 Å². The first kappa shape index (κ1) is 18.7. The van der Waals surface area contributed by atoms with Crippen molar-refractivity contribution >= 4 is 16.9 Å². The van der Waals surface area contributed by atoms with Crippen molar-refractivity contribution in [2.75, 3.05) is 25.0 Å². The molecule has 4 rings (SSSR count). The van der Waals surface area contributed by atoms with Gasteiger partial charge in [0.25, 0.3) is 5.92 Å². The molecule has 1 fully saturated rings. The number of nitrogens with zero attached hydrogens (tertiary/aromatic N) is 4. The van der Waals surface area contributed by atoms with Crippen molar-refractivity contribution in [3.05, 3.63) is 47.9 Å². The molecule has 1 aliphatic heterocycles. The van der Waals surface area contributed by atoms with Crippen LogP contribution in [0.15, 0.2) is 36.8 Å². The lowest BCUT2D eigenvalue weighted by Crippen LogP contribution is -2.50. The molecular formula is C19H21F3N6. The second-order valence-corrected chi connectivity index (χ2v) is 7.22. The summed E-state index contributed by atoms with van der Waals surface area (Å²) >= 11 is 0. The molecule has 28 heavy (non-hydrogen) atoms. The number of anilines is 1. The Labute approximate surface area is 160 Å². The van der Waals surface area contributed by atoms with Crippen LogP contribution in [0.3, 0.4) is 0 Å². The Morgan fingerprint density at radius 3 is 2.79 bits per heavy atom. The molecule has 6 nitrogen and oxygen atoms in total. The van der Waals surface area contributed by atoms with E-state index in [1.807, 2.05) is 6.92 Å². The molecule has 148 valence electrons. The Balaban J connectivity index is 1.40. The summed E-state index contributed by atoms with van der Waals surface area (Å²) in [4.78, 5) is 9.68. The zero-order valence-electron chi connectivity index (χ0n) is 15.4. The molecule has 0 unspecified atom stereocenters. The van der Waals surface area contributed by atoms with Crippen LogP contribution in [0.25, 0.3) is 11.0 Å². The number of rotatable bonds is 5. The van der Waals surface area contributed by atoms with Crippen molar-refractivity contribution in [1.82, 2.24) is 25.1 Å². The lowest BCUT2D eigenvalue weighted by atomic mass is 10.0. The predicted molar refractivity (Wildman–Crippen MR) is 100 cm³/mol. The molecule has 1 aromatic carbocycles. The summed E-state index contributed by atoms with van der Waals surface area (Å²) in [6.07, 6.45) is 2.05. The average molecular weight is 390 g/mol. The summed E-state index contributed by atoms with van der Waals surface area (Å²) in [5.74, 6) is -2.53. The molecule has 0 spiro atoms. The monoisotopic (exact) mass is 390 g/mol. The summed E-state index contributed by atoms with van der Waals surface area (Å²) in [6, 6.07) is 5.69. The van der Waals surface area contributed by atoms with Gasteiger partial charge in [-0.25, -0.2) is 14.4 Å². The lowest BCUT2D eigenvalue weighted by molar-refractivity contribution is -0.0491. The third-order valence-corrected chi connectivity index (χ3v) is 5.09. The van der Waals surface area contributed by atoms with E-state index in [-0.39, 0.29) is 12.1 Å². The van der Waals surface area contributed by atoms with Crippen molar-refractivity contribution in [2.24, 2.45) is 0 Å². The van der Waals surface area contributed by atoms with Crippen LogP contribution < -0.4 is 5.32 Å². The maximum Gasteiger partial charge on any atom is 0.285 e. The Bertz CT molecular complexity index is 942. The van der Waals surface area contributed by atoms with Gasteiger partial charge in [0, 0.05) is 18.7 Å². The van der Waals surface area contributed by atoms with Gasteiger partial charge in [-0.3, -0.25) is 10.00 Å². The second kappa shape index (κ2) is 7.38. The minimum Gasteiger partial charge on any atom is -0.364 e. The molecule has 0 saturated carbocycles. The van der Waals surface area contributed by atoms with Gasteiger partial charge in [-0.15, -0.1) is 0 Å². The summed E-state index contributed by atoms with van der Waals surface area (Å²) < 4.78 is 43.9. The standard InChI is InChI=1S/C19H21F3N6/c1-12-2-4-13(5-3-12)19(21,22)10-28-7-6-16(15(20)9-28)26-17-14-8-25-27-18(14)24-11-23-17/h2-5,8,11,15-16H,6-7,9-10H2,1H3,(H2,23,24,25,26,27)/t15-,16-/m0/s1. The van der Waals surface area contributed by atoms with Crippen LogP contribution in [0.1, 0.15) is 17.5 Å². The number of likely N-dealkylation sites (tertiary alicyclic amines) is 1. The van der Waals surface area contributed by atoms with Crippen molar-refractivity contribution in [3.63, 3.8) is 0 Å². The molecule has 1 aliphatic rings. The molecule has 3 heterocycles. The van der Waals surface area contributed by atoms with Crippen LogP contribution >= 0.6 is 0 Å². The fourth-order valence-electron chi connectivity index (χ4n) is 3.50. The number of aromatic amines is 1. The van der Waals surface area contributed by atoms with Gasteiger partial charge in [-0.05, 0) is 13.3 Å². The number of nitrogens with one attached hydrogen (secondary N) is 2. The highest BCUT2D eigenvalue weighted by Crippen LogP contribution is 2.31. The molecule has 0 radical (unpaired) electrons. The normalized spacial score (nSPS) is 21.1. The van der Waals surface area contributed by atoms with Crippen LogP contribution in [-0.2, 0) is 5.92 Å². The molecule has 2 atom stereocenters. The average Bonchev–Trinajstić information content (AvgIpc) is 3.14. The van der Waals surface area contributed by atoms with Crippen LogP contribution in [0.4, 0.5) is 19.0 Å². The van der Waals surface area contributed by atoms with Crippen molar-refractivity contribution in [3.8, 4) is 0 Å². The van der Waals surface area contributed by atoms with E-state index in [1.54, 1.807) is 18.3 Å². The van der Waals surface area contributed by atoms with Crippen LogP contribution in [0, 0.1) is 6.92 Å². The lowest BCUT2D eigenvalue weighted by Gasteiger charge is -2.36. The minimum absolute atomic E-state index is 0.0444. The number of hydrogen-bond donors (Lipinski definition) is 2. The van der Waals surface area contributed by atoms with Crippen molar-refractivity contribution in [2.45, 2.75) is 31.5 Å². The van der Waals surface area contributed by atoms with Gasteiger partial charge >= 0.3 is 0 Å². The van der Waals surface area contributed by atoms with Crippen molar-refractivity contribution in [1.29, 1.82) is 0 Å². The Morgan fingerprint density at radius 2 is 2.04 bits per heavy atom. The highest BCUT2D eigenvalue weighted by Gasteiger charge is 2.38. The highest BCUT2D eigenvalue weighted by atomic mass is 19.3. The molecule has 0 amide bonds. The topological polar surface area (TPSA) is 69.7 Å². The molecule has 0 bridgehead atoms. The molecule has 0 aliphatic carbocycles. The zero-order chi connectivity index (χ0) is 19.7. The van der Waals surface area contributed by atoms with E-state index in [1.165, 1.54) is 23.4 Å². The van der Waals surface area contributed by atoms with Gasteiger partial charge in [0.05, 0.1) is 24.2 Å². The van der Waals surface area contributed by atoms with E-state index in [2.05, 4.69) is 25.5 Å². The van der Waals surface area contributed by atoms with Gasteiger partial charge < -0.3 is 5.32 Å². The SMILES string of the molecule is Cc1ccc(C(F)(F)CN2CC[C@H](Nc3ncnc4[nH]ncc34)[C@@H](F)C2)cc1. The quantitative estimate of drug-likeness (QED) is 0.700. The number of fused-ring (bicyclic) bond motifs is 1. The van der Waals surface area contributed by atoms with Gasteiger partial charge in [-0.1, -0.05) is 29.8 Å². The fourth-order valence-corrected chi connectivity index (χ4v) is 3.50. The highest BCUT2D eigenvalue weighted by molar-refractivity contribution is 5.85. The summed E-state index contributed by atoms with van der Waals surface area (Å²) in [6.45, 7) is 1.67. The van der Waals surface area contributed by atoms with E-state index in [0.717, 1.165) is 5.56 Å². The third-order valence-electron chi connectivity index (χ3n) is 5.09. The summed E-state index contributed by atoms with van der Waals surface area (Å²) in [5.41, 5.74) is 1.44. The molecule has 2 N–H and O–H groups in total. The van der Waals surface area contributed by atoms with Gasteiger partial charge in [0.2, 0.25) is 0 Å². The molecular weight excluding hydrogens is 369 g/mol. The van der Waals surface area contributed by atoms with E-state index < -0.39 is 24.7 Å². The smallest absolute Gasteiger partial charge is 0.285 e. The Morgan fingerprint density at radius 1 is 1.25 bits per heavy atom. The number of aromatic nitrogens is 4. The summed E-state index contributed by atoms with van der Waals surface area (Å²) in [7, 11) is 0. The van der Waals surface area contributed by atoms with Crippen LogP contribution in [-0.4, -0.2) is 56.9 Å². The van der Waals surface area contributed by atoms with Gasteiger partial charge in [0.1, 0.15) is 18.3 Å². The number of aryl methyl sites for hydroxylation is 1. The largest absolute Gasteiger partial charge is 0.364 e. The van der Waals surface area contributed by atoms with E-state index in [9.17, 15) is 13.2 Å². The zero-order valence-corrected chi connectivity index (χ0v) is 15.4. The van der Waals surface area contributed by atoms with E-state index in [0.29, 0.717) is 29.8 Å². The van der Waals surface area contributed by atoms with Gasteiger partial charge in [-0.2, -0.15) is 13.9 Å². The second-order valence-electron chi connectivity index (χ2n) is 7.22. The number of hydrogen-bond acceptors (Lipinski definition) is 5. The third kappa shape index (κ3) is 3.80. The van der Waals surface area contributed by atoms with Crippen LogP contribution in [0.2, 0.25) is 0 Å². The number of benzene rings is 1. The number of H-pyrrole nitrogens is 1. The van der Waals surface area contributed by atoms with Crippen molar-refractivity contribution < 1.29 is 13.2 Å². The van der Waals surface area contributed by atoms with E-state index in [4.69, 9.17) is 0 Å². The first-order valence-electron chi connectivity index (χ1n) is 9.14. The molecule has 3 aromatic rings. The number of piperidine rings is 1. The molecule has 2 aromatic heterocycles. The maximum absolute atomic E-state index is 14.7. The van der Waals surface area contributed by atoms with Gasteiger partial charge in [0.15, 0.2) is 5.65 Å². The Hall–Kier alpha value is -2.68. The number of alkyl halides is 3. The maximum atomic E-state index is 14.7. The fraction of sp³-hybridized carbons (Fsp3) is 0.421. The molecule has 1 saturated heterocycles. The Kier molecular flexibility index (Phi) is 4.92. The molecule has 9 heteroatoms. The first-order valence-corrected chi connectivity index (χ1v) is 9.14. The van der Waals surface area contributed by atoms with E-state index >= 15 is 0 Å².